The number of sulfonamides is 1. The maximum Gasteiger partial charge on any atom is 0.241 e. The van der Waals surface area contributed by atoms with Crippen molar-refractivity contribution in [1.29, 1.82) is 0 Å². The van der Waals surface area contributed by atoms with E-state index in [2.05, 4.69) is 14.7 Å². The Morgan fingerprint density at radius 2 is 2.03 bits per heavy atom. The van der Waals surface area contributed by atoms with E-state index < -0.39 is 21.3 Å². The van der Waals surface area contributed by atoms with Crippen molar-refractivity contribution >= 4 is 20.8 Å². The second-order valence-electron chi connectivity index (χ2n) is 9.48. The molecule has 0 spiro atoms. The molecular weight excluding hydrogens is 429 g/mol. The molecule has 6 nitrogen and oxygen atoms in total. The van der Waals surface area contributed by atoms with Gasteiger partial charge in [-0.05, 0) is 68.9 Å². The average molecular weight is 456 g/mol. The molecule has 0 amide bonds. The highest BCUT2D eigenvalue weighted by atomic mass is 32.2. The summed E-state index contributed by atoms with van der Waals surface area (Å²) in [6.07, 6.45) is 8.06. The highest BCUT2D eigenvalue weighted by Gasteiger charge is 2.41. The van der Waals surface area contributed by atoms with Crippen LogP contribution in [0.1, 0.15) is 61.4 Å². The zero-order chi connectivity index (χ0) is 22.7. The first kappa shape index (κ1) is 21.4. The average Bonchev–Trinajstić information content (AvgIpc) is 3.55. The zero-order valence-electron chi connectivity index (χ0n) is 18.1. The number of aromatic nitrogens is 2. The molecule has 2 heterocycles. The van der Waals surface area contributed by atoms with Crippen molar-refractivity contribution in [3.8, 4) is 0 Å². The molecule has 32 heavy (non-hydrogen) atoms. The van der Waals surface area contributed by atoms with Gasteiger partial charge in [0, 0.05) is 53.1 Å². The molecule has 168 valence electrons. The lowest BCUT2D eigenvalue weighted by Crippen LogP contribution is -2.35. The van der Waals surface area contributed by atoms with Crippen molar-refractivity contribution in [2.75, 3.05) is 6.54 Å². The van der Waals surface area contributed by atoms with Gasteiger partial charge in [-0.25, -0.2) is 17.5 Å². The van der Waals surface area contributed by atoms with Crippen LogP contribution in [0, 0.1) is 0 Å². The van der Waals surface area contributed by atoms with Crippen molar-refractivity contribution < 1.29 is 17.9 Å². The second kappa shape index (κ2) is 7.30. The van der Waals surface area contributed by atoms with Crippen LogP contribution >= 0.6 is 0 Å². The van der Waals surface area contributed by atoms with E-state index in [4.69, 9.17) is 0 Å². The maximum absolute atomic E-state index is 14.1. The smallest absolute Gasteiger partial charge is 0.241 e. The van der Waals surface area contributed by atoms with Gasteiger partial charge in [0.15, 0.2) is 0 Å². The fourth-order valence-corrected chi connectivity index (χ4v) is 5.93. The van der Waals surface area contributed by atoms with Crippen LogP contribution in [-0.2, 0) is 22.0 Å². The Hall–Kier alpha value is -2.42. The first-order valence-electron chi connectivity index (χ1n) is 10.9. The molecule has 0 aliphatic heterocycles. The van der Waals surface area contributed by atoms with Gasteiger partial charge in [0.2, 0.25) is 10.0 Å². The van der Waals surface area contributed by atoms with E-state index >= 15 is 0 Å². The van der Waals surface area contributed by atoms with Crippen LogP contribution in [0.4, 0.5) is 4.39 Å². The second-order valence-corrected chi connectivity index (χ2v) is 11.2. The molecule has 8 heteroatoms. The highest BCUT2D eigenvalue weighted by Crippen LogP contribution is 2.47. The van der Waals surface area contributed by atoms with E-state index in [9.17, 15) is 17.9 Å². The van der Waals surface area contributed by atoms with Crippen molar-refractivity contribution in [2.45, 2.75) is 61.6 Å². The van der Waals surface area contributed by atoms with Crippen molar-refractivity contribution in [3.63, 3.8) is 0 Å². The van der Waals surface area contributed by atoms with E-state index in [0.717, 1.165) is 24.1 Å². The van der Waals surface area contributed by atoms with Crippen molar-refractivity contribution in [2.24, 2.45) is 0 Å². The van der Waals surface area contributed by atoms with Crippen LogP contribution in [0.2, 0.25) is 0 Å². The minimum atomic E-state index is -4.04. The molecule has 5 rings (SSSR count). The Morgan fingerprint density at radius 3 is 2.69 bits per heavy atom. The number of hydrogen-bond acceptors (Lipinski definition) is 5. The predicted octanol–water partition coefficient (Wildman–Crippen LogP) is 3.72. The van der Waals surface area contributed by atoms with Gasteiger partial charge in [-0.3, -0.25) is 9.97 Å². The maximum atomic E-state index is 14.1. The fraction of sp³-hybridized carbons (Fsp3) is 0.417. The van der Waals surface area contributed by atoms with Crippen LogP contribution in [0.5, 0.6) is 0 Å². The van der Waals surface area contributed by atoms with Gasteiger partial charge in [0.25, 0.3) is 0 Å². The van der Waals surface area contributed by atoms with Gasteiger partial charge < -0.3 is 5.11 Å². The molecule has 1 atom stereocenters. The molecule has 2 aliphatic carbocycles. The van der Waals surface area contributed by atoms with E-state index in [-0.39, 0.29) is 11.4 Å². The number of rotatable bonds is 6. The first-order chi connectivity index (χ1) is 15.1. The number of aryl methyl sites for hydroxylation is 1. The molecule has 1 aromatic carbocycles. The number of nitrogens with zero attached hydrogens (tertiary/aromatic N) is 2. The quantitative estimate of drug-likeness (QED) is 0.591. The van der Waals surface area contributed by atoms with Crippen molar-refractivity contribution in [3.05, 3.63) is 65.2 Å². The number of benzene rings is 1. The zero-order valence-corrected chi connectivity index (χ0v) is 18.9. The number of alkyl halides is 1. The lowest BCUT2D eigenvalue weighted by Gasteiger charge is -2.25. The molecule has 2 N–H and O–H groups in total. The van der Waals surface area contributed by atoms with Crippen LogP contribution in [0.15, 0.2) is 47.8 Å². The number of hydrogen-bond donors (Lipinski definition) is 2. The van der Waals surface area contributed by atoms with Gasteiger partial charge >= 0.3 is 0 Å². The standard InChI is InChI=1S/C24H26FN3O3S/c1-23(2,25)14-28-32(30,31)22-11-20-17(7-8-24(20,29)16-4-3-9-26-12-16)19-13-27-21(10-18(19)22)15-5-6-15/h3-4,9-13,15,28-29H,5-8,14H2,1-2H3. The molecular formula is C24H26FN3O3S. The molecule has 2 aliphatic rings. The Kier molecular flexibility index (Phi) is 4.89. The van der Waals surface area contributed by atoms with Crippen LogP contribution in [0.25, 0.3) is 10.8 Å². The molecule has 1 unspecified atom stereocenters. The molecule has 2 aromatic heterocycles. The van der Waals surface area contributed by atoms with E-state index in [1.807, 2.05) is 6.07 Å². The summed E-state index contributed by atoms with van der Waals surface area (Å²) in [6.45, 7) is 2.31. The Balaban J connectivity index is 1.73. The molecule has 0 radical (unpaired) electrons. The van der Waals surface area contributed by atoms with Gasteiger partial charge in [-0.15, -0.1) is 0 Å². The number of halogens is 1. The topological polar surface area (TPSA) is 92.2 Å². The van der Waals surface area contributed by atoms with Gasteiger partial charge in [-0.2, -0.15) is 0 Å². The summed E-state index contributed by atoms with van der Waals surface area (Å²) in [7, 11) is -4.04. The minimum Gasteiger partial charge on any atom is -0.380 e. The lowest BCUT2D eigenvalue weighted by molar-refractivity contribution is 0.0824. The van der Waals surface area contributed by atoms with Crippen molar-refractivity contribution in [1.82, 2.24) is 14.7 Å². The SMILES string of the molecule is CC(C)(F)CNS(=O)(=O)c1cc2c(c3cnc(C4CC4)cc13)CCC2(O)c1cccnc1. The van der Waals surface area contributed by atoms with Crippen LogP contribution < -0.4 is 4.72 Å². The van der Waals surface area contributed by atoms with Gasteiger partial charge in [-0.1, -0.05) is 6.07 Å². The Morgan fingerprint density at radius 1 is 1.25 bits per heavy atom. The van der Waals surface area contributed by atoms with E-state index in [1.54, 1.807) is 36.8 Å². The minimum absolute atomic E-state index is 0.0454. The van der Waals surface area contributed by atoms with E-state index in [1.165, 1.54) is 13.8 Å². The van der Waals surface area contributed by atoms with Gasteiger partial charge in [0.05, 0.1) is 4.90 Å². The normalized spacial score (nSPS) is 21.1. The highest BCUT2D eigenvalue weighted by molar-refractivity contribution is 7.89. The molecule has 3 aromatic rings. The third kappa shape index (κ3) is 3.70. The van der Waals surface area contributed by atoms with E-state index in [0.29, 0.717) is 40.7 Å². The summed E-state index contributed by atoms with van der Waals surface area (Å²) >= 11 is 0. The monoisotopic (exact) mass is 455 g/mol. The predicted molar refractivity (Wildman–Crippen MR) is 120 cm³/mol. The summed E-state index contributed by atoms with van der Waals surface area (Å²) in [5.41, 5.74) is -0.125. The summed E-state index contributed by atoms with van der Waals surface area (Å²) < 4.78 is 43.2. The van der Waals surface area contributed by atoms with Gasteiger partial charge in [0.1, 0.15) is 11.3 Å². The Bertz CT molecular complexity index is 1300. The molecule has 0 bridgehead atoms. The summed E-state index contributed by atoms with van der Waals surface area (Å²) in [6, 6.07) is 6.95. The van der Waals surface area contributed by atoms with Crippen LogP contribution in [-0.4, -0.2) is 35.7 Å². The first-order valence-corrected chi connectivity index (χ1v) is 12.3. The molecule has 0 saturated heterocycles. The summed E-state index contributed by atoms with van der Waals surface area (Å²) in [5, 5.41) is 12.9. The number of aliphatic hydroxyl groups is 1. The third-order valence-corrected chi connectivity index (χ3v) is 7.85. The van der Waals surface area contributed by atoms with Crippen LogP contribution in [0.3, 0.4) is 0 Å². The fourth-order valence-electron chi connectivity index (χ4n) is 4.51. The molecule has 1 fully saturated rings. The summed E-state index contributed by atoms with van der Waals surface area (Å²) in [4.78, 5) is 8.78. The number of pyridine rings is 2. The largest absolute Gasteiger partial charge is 0.380 e. The Labute approximate surface area is 187 Å². The number of nitrogens with one attached hydrogen (secondary N) is 1. The summed E-state index contributed by atoms with van der Waals surface area (Å²) in [5.74, 6) is 0.355. The number of fused-ring (bicyclic) bond motifs is 3. The lowest BCUT2D eigenvalue weighted by atomic mass is 9.88. The third-order valence-electron chi connectivity index (χ3n) is 6.41. The molecule has 1 saturated carbocycles.